The predicted molar refractivity (Wildman–Crippen MR) is 122 cm³/mol. The minimum Gasteiger partial charge on any atom is -0.492 e. The highest BCUT2D eigenvalue weighted by atomic mass is 16.5. The first-order valence-corrected chi connectivity index (χ1v) is 11.1. The van der Waals surface area contributed by atoms with Crippen LogP contribution < -0.4 is 16.6 Å². The number of hydrogen-bond donors (Lipinski definition) is 3. The van der Waals surface area contributed by atoms with E-state index in [-0.39, 0.29) is 40.9 Å². The Morgan fingerprint density at radius 1 is 1.27 bits per heavy atom. The second-order valence-electron chi connectivity index (χ2n) is 9.70. The molecule has 0 unspecified atom stereocenters. The molecule has 0 atom stereocenters. The van der Waals surface area contributed by atoms with E-state index in [2.05, 4.69) is 10.4 Å². The second-order valence-corrected chi connectivity index (χ2v) is 9.70. The summed E-state index contributed by atoms with van der Waals surface area (Å²) >= 11 is 0. The van der Waals surface area contributed by atoms with Gasteiger partial charge >= 0.3 is 0 Å². The molecule has 3 heterocycles. The minimum atomic E-state index is -0.641. The number of nitrogen functional groups attached to an aromatic ring is 1. The zero-order valence-electron chi connectivity index (χ0n) is 19.1. The van der Waals surface area contributed by atoms with Crippen molar-refractivity contribution in [3.8, 4) is 5.88 Å². The number of hydrogen-bond acceptors (Lipinski definition) is 7. The fraction of sp³-hybridized carbons (Fsp3) is 0.545. The van der Waals surface area contributed by atoms with Gasteiger partial charge in [0.15, 0.2) is 17.0 Å². The highest BCUT2D eigenvalue weighted by Crippen LogP contribution is 2.28. The van der Waals surface area contributed by atoms with Gasteiger partial charge in [0.25, 0.3) is 11.5 Å². The van der Waals surface area contributed by atoms with Gasteiger partial charge < -0.3 is 25.8 Å². The molecule has 2 aromatic rings. The lowest BCUT2D eigenvalue weighted by Gasteiger charge is -2.25. The van der Waals surface area contributed by atoms with Gasteiger partial charge in [-0.2, -0.15) is 4.52 Å². The van der Waals surface area contributed by atoms with Crippen molar-refractivity contribution in [3.05, 3.63) is 27.6 Å². The number of carbonyl (C=O) groups is 2. The Bertz CT molecular complexity index is 1180. The lowest BCUT2D eigenvalue weighted by molar-refractivity contribution is -0.129. The summed E-state index contributed by atoms with van der Waals surface area (Å²) in [5.41, 5.74) is 5.33. The molecule has 1 saturated heterocycles. The number of carbonyl (C=O) groups excluding carboxylic acids is 2. The van der Waals surface area contributed by atoms with Gasteiger partial charge in [-0.1, -0.05) is 20.8 Å². The van der Waals surface area contributed by atoms with Crippen LogP contribution in [0.4, 0.5) is 5.82 Å². The molecule has 2 aromatic heterocycles. The maximum Gasteiger partial charge on any atom is 0.270 e. The summed E-state index contributed by atoms with van der Waals surface area (Å²) in [4.78, 5) is 40.4. The number of rotatable bonds is 5. The number of aromatic hydroxyl groups is 1. The number of anilines is 1. The van der Waals surface area contributed by atoms with Crippen LogP contribution in [0.2, 0.25) is 0 Å². The smallest absolute Gasteiger partial charge is 0.270 e. The van der Waals surface area contributed by atoms with Crippen LogP contribution in [0.3, 0.4) is 0 Å². The van der Waals surface area contributed by atoms with E-state index in [0.29, 0.717) is 31.9 Å². The quantitative estimate of drug-likeness (QED) is 0.556. The van der Waals surface area contributed by atoms with Gasteiger partial charge in [-0.15, -0.1) is 5.10 Å². The third-order valence-electron chi connectivity index (χ3n) is 5.55. The van der Waals surface area contributed by atoms with Crippen molar-refractivity contribution >= 4 is 29.4 Å². The van der Waals surface area contributed by atoms with Crippen molar-refractivity contribution in [2.24, 2.45) is 5.41 Å². The topological polar surface area (TPSA) is 144 Å². The Balaban J connectivity index is 1.83. The van der Waals surface area contributed by atoms with Gasteiger partial charge in [0, 0.05) is 31.8 Å². The van der Waals surface area contributed by atoms with Crippen LogP contribution >= 0.6 is 0 Å². The molecule has 33 heavy (non-hydrogen) atoms. The van der Waals surface area contributed by atoms with Crippen LogP contribution in [-0.2, 0) is 16.1 Å². The molecule has 1 aliphatic heterocycles. The Hall–Kier alpha value is -3.34. The first kappa shape index (κ1) is 22.8. The van der Waals surface area contributed by atoms with Crippen molar-refractivity contribution in [2.45, 2.75) is 46.2 Å². The van der Waals surface area contributed by atoms with Crippen LogP contribution in [0, 0.1) is 5.41 Å². The number of nitrogens with two attached hydrogens (primary N) is 1. The molecule has 11 nitrogen and oxygen atoms in total. The molecule has 178 valence electrons. The van der Waals surface area contributed by atoms with E-state index >= 15 is 0 Å². The normalized spacial score (nSPS) is 17.1. The summed E-state index contributed by atoms with van der Waals surface area (Å²) in [6.07, 6.45) is 4.55. The lowest BCUT2D eigenvalue weighted by Crippen LogP contribution is -2.39. The molecule has 4 rings (SSSR count). The molecule has 1 saturated carbocycles. The largest absolute Gasteiger partial charge is 0.492 e. The Kier molecular flexibility index (Phi) is 5.91. The average Bonchev–Trinajstić information content (AvgIpc) is 3.50. The van der Waals surface area contributed by atoms with Crippen LogP contribution in [0.15, 0.2) is 10.9 Å². The summed E-state index contributed by atoms with van der Waals surface area (Å²) in [5.74, 6) is -1.41. The van der Waals surface area contributed by atoms with E-state index in [1.807, 2.05) is 20.8 Å². The van der Waals surface area contributed by atoms with E-state index in [0.717, 1.165) is 17.4 Å². The van der Waals surface area contributed by atoms with E-state index < -0.39 is 17.3 Å². The maximum absolute atomic E-state index is 13.4. The molecule has 4 N–H and O–H groups in total. The predicted octanol–water partition coefficient (Wildman–Crippen LogP) is 0.594. The fourth-order valence-electron chi connectivity index (χ4n) is 3.79. The summed E-state index contributed by atoms with van der Waals surface area (Å²) < 4.78 is 7.77. The number of aromatic nitrogens is 3. The third kappa shape index (κ3) is 4.72. The van der Waals surface area contributed by atoms with Crippen molar-refractivity contribution in [1.29, 1.82) is 0 Å². The van der Waals surface area contributed by atoms with Crippen molar-refractivity contribution in [1.82, 2.24) is 24.4 Å². The summed E-state index contributed by atoms with van der Waals surface area (Å²) in [7, 11) is 0. The molecule has 0 bridgehead atoms. The number of nitrogens with one attached hydrogen (secondary N) is 1. The molecule has 0 spiro atoms. The fourth-order valence-corrected chi connectivity index (χ4v) is 3.79. The van der Waals surface area contributed by atoms with Crippen molar-refractivity contribution < 1.29 is 19.4 Å². The van der Waals surface area contributed by atoms with Crippen molar-refractivity contribution in [3.63, 3.8) is 0 Å². The minimum absolute atomic E-state index is 0.00967. The van der Waals surface area contributed by atoms with Crippen LogP contribution in [0.25, 0.3) is 11.7 Å². The highest BCUT2D eigenvalue weighted by molar-refractivity contribution is 5.97. The van der Waals surface area contributed by atoms with Gasteiger partial charge in [-0.25, -0.2) is 0 Å². The van der Waals surface area contributed by atoms with E-state index in [1.54, 1.807) is 4.90 Å². The molecule has 1 aliphatic carbocycles. The standard InChI is InChI=1S/C22H30N6O5/c1-22(2,3)12-27-19-14(6-7-15(29)26-8-10-33-11-9-26)17(23)25-28(19)21(32)16(20(27)31)18(30)24-13-4-5-13/h6-7,13,32H,4-5,8-12H2,1-3H3,(H2,23,25)(H,24,30). The van der Waals surface area contributed by atoms with Crippen LogP contribution in [-0.4, -0.2) is 68.3 Å². The lowest BCUT2D eigenvalue weighted by atomic mass is 9.96. The molecule has 0 aromatic carbocycles. The zero-order chi connectivity index (χ0) is 23.9. The highest BCUT2D eigenvalue weighted by Gasteiger charge is 2.31. The van der Waals surface area contributed by atoms with Crippen molar-refractivity contribution in [2.75, 3.05) is 32.0 Å². The van der Waals surface area contributed by atoms with Gasteiger partial charge in [0.05, 0.1) is 18.8 Å². The Labute approximate surface area is 190 Å². The zero-order valence-corrected chi connectivity index (χ0v) is 19.1. The maximum atomic E-state index is 13.4. The van der Waals surface area contributed by atoms with Gasteiger partial charge in [0.2, 0.25) is 11.8 Å². The Morgan fingerprint density at radius 3 is 2.55 bits per heavy atom. The van der Waals surface area contributed by atoms with E-state index in [4.69, 9.17) is 10.5 Å². The SMILES string of the molecule is CC(C)(C)Cn1c(=O)c(C(=O)NC2CC2)c(O)n2nc(N)c(C=CC(=O)N3CCOCC3)c12. The molecular weight excluding hydrogens is 428 g/mol. The molecule has 11 heteroatoms. The number of morpholine rings is 1. The van der Waals surface area contributed by atoms with Gasteiger partial charge in [-0.3, -0.25) is 19.0 Å². The number of nitrogens with zero attached hydrogens (tertiary/aromatic N) is 4. The molecule has 0 radical (unpaired) electrons. The van der Waals surface area contributed by atoms with E-state index in [9.17, 15) is 19.5 Å². The van der Waals surface area contributed by atoms with Gasteiger partial charge in [-0.05, 0) is 24.3 Å². The molecule has 2 aliphatic rings. The van der Waals surface area contributed by atoms with Gasteiger partial charge in [0.1, 0.15) is 0 Å². The number of amides is 2. The monoisotopic (exact) mass is 458 g/mol. The summed E-state index contributed by atoms with van der Waals surface area (Å²) in [6.45, 7) is 8.01. The Morgan fingerprint density at radius 2 is 1.94 bits per heavy atom. The summed E-state index contributed by atoms with van der Waals surface area (Å²) in [6, 6.07) is 0.00967. The average molecular weight is 459 g/mol. The molecule has 2 amide bonds. The molecular formula is C22H30N6O5. The third-order valence-corrected chi connectivity index (χ3v) is 5.55. The second kappa shape index (κ2) is 8.54. The van der Waals surface area contributed by atoms with Crippen LogP contribution in [0.5, 0.6) is 5.88 Å². The first-order chi connectivity index (χ1) is 15.6. The number of fused-ring (bicyclic) bond motifs is 1. The van der Waals surface area contributed by atoms with Crippen LogP contribution in [0.1, 0.15) is 49.5 Å². The van der Waals surface area contributed by atoms with E-state index in [1.165, 1.54) is 16.7 Å². The molecule has 2 fully saturated rings. The first-order valence-electron chi connectivity index (χ1n) is 11.1. The number of ether oxygens (including phenoxy) is 1. The summed E-state index contributed by atoms with van der Waals surface area (Å²) in [5, 5.41) is 17.8.